The summed E-state index contributed by atoms with van der Waals surface area (Å²) in [5.74, 6) is 0. The highest BCUT2D eigenvalue weighted by Crippen LogP contribution is 2.27. The van der Waals surface area contributed by atoms with Crippen LogP contribution in [0.25, 0.3) is 0 Å². The minimum Gasteiger partial charge on any atom is -0.314 e. The van der Waals surface area contributed by atoms with Crippen LogP contribution in [0.2, 0.25) is 0 Å². The SMILES string of the molecule is CCC[C@H](c1cccc(Br)c1)N1CCNCC1. The van der Waals surface area contributed by atoms with Crippen LogP contribution in [0.4, 0.5) is 0 Å². The van der Waals surface area contributed by atoms with E-state index in [1.54, 1.807) is 0 Å². The predicted molar refractivity (Wildman–Crippen MR) is 76.2 cm³/mol. The molecule has 94 valence electrons. The maximum Gasteiger partial charge on any atom is 0.0349 e. The highest BCUT2D eigenvalue weighted by atomic mass is 79.9. The van der Waals surface area contributed by atoms with Gasteiger partial charge < -0.3 is 5.32 Å². The lowest BCUT2D eigenvalue weighted by atomic mass is 10.00. The van der Waals surface area contributed by atoms with Crippen LogP contribution >= 0.6 is 15.9 Å². The first-order valence-corrected chi connectivity index (χ1v) is 7.31. The third-order valence-electron chi connectivity index (χ3n) is 3.39. The number of nitrogens with one attached hydrogen (secondary N) is 1. The van der Waals surface area contributed by atoms with Gasteiger partial charge in [0.25, 0.3) is 0 Å². The minimum absolute atomic E-state index is 0.583. The average molecular weight is 297 g/mol. The van der Waals surface area contributed by atoms with E-state index < -0.39 is 0 Å². The molecular formula is C14H21BrN2. The first-order valence-electron chi connectivity index (χ1n) is 6.51. The molecule has 1 heterocycles. The quantitative estimate of drug-likeness (QED) is 0.918. The molecule has 0 unspecified atom stereocenters. The Hall–Kier alpha value is -0.380. The maximum absolute atomic E-state index is 3.57. The van der Waals surface area contributed by atoms with Crippen molar-refractivity contribution in [3.05, 3.63) is 34.3 Å². The fraction of sp³-hybridized carbons (Fsp3) is 0.571. The summed E-state index contributed by atoms with van der Waals surface area (Å²) in [6.45, 7) is 6.84. The highest BCUT2D eigenvalue weighted by molar-refractivity contribution is 9.10. The molecule has 3 heteroatoms. The van der Waals surface area contributed by atoms with Crippen LogP contribution in [0.5, 0.6) is 0 Å². The van der Waals surface area contributed by atoms with Gasteiger partial charge in [0.05, 0.1) is 0 Å². The summed E-state index contributed by atoms with van der Waals surface area (Å²) in [6, 6.07) is 9.35. The van der Waals surface area contributed by atoms with E-state index in [9.17, 15) is 0 Å². The number of nitrogens with zero attached hydrogens (tertiary/aromatic N) is 1. The van der Waals surface area contributed by atoms with Crippen molar-refractivity contribution in [3.8, 4) is 0 Å². The van der Waals surface area contributed by atoms with E-state index in [1.807, 2.05) is 0 Å². The van der Waals surface area contributed by atoms with Crippen molar-refractivity contribution in [2.24, 2.45) is 0 Å². The lowest BCUT2D eigenvalue weighted by molar-refractivity contribution is 0.164. The molecule has 0 spiro atoms. The molecule has 1 aromatic rings. The van der Waals surface area contributed by atoms with Gasteiger partial charge in [-0.1, -0.05) is 41.4 Å². The number of halogens is 1. The van der Waals surface area contributed by atoms with Crippen molar-refractivity contribution < 1.29 is 0 Å². The predicted octanol–water partition coefficient (Wildman–Crippen LogP) is 3.20. The normalized spacial score (nSPS) is 19.2. The maximum atomic E-state index is 3.57. The second-order valence-electron chi connectivity index (χ2n) is 4.65. The summed E-state index contributed by atoms with van der Waals surface area (Å²) >= 11 is 3.57. The third kappa shape index (κ3) is 3.54. The number of piperazine rings is 1. The molecule has 0 amide bonds. The molecule has 1 saturated heterocycles. The molecular weight excluding hydrogens is 276 g/mol. The molecule has 17 heavy (non-hydrogen) atoms. The fourth-order valence-corrected chi connectivity index (χ4v) is 2.96. The summed E-state index contributed by atoms with van der Waals surface area (Å²) in [7, 11) is 0. The van der Waals surface area contributed by atoms with Crippen molar-refractivity contribution in [2.45, 2.75) is 25.8 Å². The van der Waals surface area contributed by atoms with Crippen molar-refractivity contribution in [1.82, 2.24) is 10.2 Å². The van der Waals surface area contributed by atoms with Gasteiger partial charge in [-0.3, -0.25) is 4.90 Å². The first-order chi connectivity index (χ1) is 8.31. The Morgan fingerprint density at radius 2 is 2.12 bits per heavy atom. The Morgan fingerprint density at radius 1 is 1.35 bits per heavy atom. The second-order valence-corrected chi connectivity index (χ2v) is 5.56. The molecule has 0 aliphatic carbocycles. The molecule has 1 aliphatic heterocycles. The molecule has 1 N–H and O–H groups in total. The van der Waals surface area contributed by atoms with E-state index in [1.165, 1.54) is 22.9 Å². The van der Waals surface area contributed by atoms with E-state index in [-0.39, 0.29) is 0 Å². The van der Waals surface area contributed by atoms with E-state index in [0.29, 0.717) is 6.04 Å². The van der Waals surface area contributed by atoms with Crippen LogP contribution in [0, 0.1) is 0 Å². The Morgan fingerprint density at radius 3 is 2.76 bits per heavy atom. The van der Waals surface area contributed by atoms with Gasteiger partial charge in [-0.15, -0.1) is 0 Å². The molecule has 0 aromatic heterocycles. The lowest BCUT2D eigenvalue weighted by Crippen LogP contribution is -2.45. The number of hydrogen-bond donors (Lipinski definition) is 1. The van der Waals surface area contributed by atoms with Crippen molar-refractivity contribution >= 4 is 15.9 Å². The molecule has 1 fully saturated rings. The Kier molecular flexibility index (Phi) is 5.01. The number of benzene rings is 1. The lowest BCUT2D eigenvalue weighted by Gasteiger charge is -2.35. The third-order valence-corrected chi connectivity index (χ3v) is 3.88. The van der Waals surface area contributed by atoms with Crippen molar-refractivity contribution in [3.63, 3.8) is 0 Å². The smallest absolute Gasteiger partial charge is 0.0349 e. The molecule has 0 radical (unpaired) electrons. The van der Waals surface area contributed by atoms with E-state index >= 15 is 0 Å². The molecule has 1 atom stereocenters. The van der Waals surface area contributed by atoms with Crippen LogP contribution in [-0.4, -0.2) is 31.1 Å². The van der Waals surface area contributed by atoms with E-state index in [4.69, 9.17) is 0 Å². The molecule has 0 saturated carbocycles. The Bertz CT molecular complexity index is 348. The molecule has 1 aromatic carbocycles. The van der Waals surface area contributed by atoms with Gasteiger partial charge in [0, 0.05) is 36.7 Å². The van der Waals surface area contributed by atoms with E-state index in [0.717, 1.165) is 26.2 Å². The topological polar surface area (TPSA) is 15.3 Å². The van der Waals surface area contributed by atoms with Gasteiger partial charge in [-0.05, 0) is 24.1 Å². The summed E-state index contributed by atoms with van der Waals surface area (Å²) in [5.41, 5.74) is 1.45. The van der Waals surface area contributed by atoms with Gasteiger partial charge in [0.1, 0.15) is 0 Å². The molecule has 1 aliphatic rings. The second kappa shape index (κ2) is 6.53. The monoisotopic (exact) mass is 296 g/mol. The van der Waals surface area contributed by atoms with Crippen LogP contribution < -0.4 is 5.32 Å². The van der Waals surface area contributed by atoms with Crippen LogP contribution in [-0.2, 0) is 0 Å². The molecule has 2 nitrogen and oxygen atoms in total. The van der Waals surface area contributed by atoms with Gasteiger partial charge >= 0.3 is 0 Å². The number of rotatable bonds is 4. The van der Waals surface area contributed by atoms with Crippen LogP contribution in [0.3, 0.4) is 0 Å². The van der Waals surface area contributed by atoms with Crippen LogP contribution in [0.1, 0.15) is 31.4 Å². The molecule has 2 rings (SSSR count). The highest BCUT2D eigenvalue weighted by Gasteiger charge is 2.21. The van der Waals surface area contributed by atoms with Gasteiger partial charge in [-0.25, -0.2) is 0 Å². The van der Waals surface area contributed by atoms with Gasteiger partial charge in [0.15, 0.2) is 0 Å². The molecule has 0 bridgehead atoms. The van der Waals surface area contributed by atoms with Crippen molar-refractivity contribution in [2.75, 3.05) is 26.2 Å². The Labute approximate surface area is 113 Å². The minimum atomic E-state index is 0.583. The largest absolute Gasteiger partial charge is 0.314 e. The summed E-state index contributed by atoms with van der Waals surface area (Å²) < 4.78 is 1.19. The van der Waals surface area contributed by atoms with E-state index in [2.05, 4.69) is 57.3 Å². The zero-order valence-electron chi connectivity index (χ0n) is 10.5. The zero-order valence-corrected chi connectivity index (χ0v) is 12.0. The summed E-state index contributed by atoms with van der Waals surface area (Å²) in [4.78, 5) is 2.61. The van der Waals surface area contributed by atoms with Gasteiger partial charge in [0.2, 0.25) is 0 Å². The standard InChI is InChI=1S/C14H21BrN2/c1-2-4-14(17-9-7-16-8-10-17)12-5-3-6-13(15)11-12/h3,5-6,11,14,16H,2,4,7-10H2,1H3/t14-/m1/s1. The average Bonchev–Trinajstić information content (AvgIpc) is 2.37. The first kappa shape index (κ1) is 13.1. The number of hydrogen-bond acceptors (Lipinski definition) is 2. The summed E-state index contributed by atoms with van der Waals surface area (Å²) in [5, 5.41) is 3.42. The Balaban J connectivity index is 2.15. The summed E-state index contributed by atoms with van der Waals surface area (Å²) in [6.07, 6.45) is 2.48. The van der Waals surface area contributed by atoms with Gasteiger partial charge in [-0.2, -0.15) is 0 Å². The fourth-order valence-electron chi connectivity index (χ4n) is 2.54. The van der Waals surface area contributed by atoms with Crippen molar-refractivity contribution in [1.29, 1.82) is 0 Å². The zero-order chi connectivity index (χ0) is 12.1. The van der Waals surface area contributed by atoms with Crippen LogP contribution in [0.15, 0.2) is 28.7 Å².